The molecule has 0 saturated carbocycles. The molecule has 5 heteroatoms. The van der Waals surface area contributed by atoms with Crippen LogP contribution in [0.5, 0.6) is 0 Å². The Hall–Kier alpha value is -1.68. The summed E-state index contributed by atoms with van der Waals surface area (Å²) < 4.78 is 1.50. The average molecular weight is 278 g/mol. The van der Waals surface area contributed by atoms with Crippen molar-refractivity contribution in [2.24, 2.45) is 0 Å². The van der Waals surface area contributed by atoms with Crippen molar-refractivity contribution < 1.29 is 0 Å². The van der Waals surface area contributed by atoms with E-state index in [-0.39, 0.29) is 5.56 Å². The lowest BCUT2D eigenvalue weighted by Gasteiger charge is -2.18. The molecule has 19 heavy (non-hydrogen) atoms. The van der Waals surface area contributed by atoms with Crippen LogP contribution in [0.4, 0.5) is 5.82 Å². The number of nitrogens with one attached hydrogen (secondary N) is 1. The van der Waals surface area contributed by atoms with E-state index in [1.54, 1.807) is 0 Å². The Bertz CT molecular complexity index is 672. The molecule has 1 aliphatic rings. The Kier molecular flexibility index (Phi) is 3.11. The number of nitrogens with two attached hydrogens (primary N) is 1. The molecule has 3 rings (SSSR count). The molecule has 1 aromatic heterocycles. The lowest BCUT2D eigenvalue weighted by Crippen LogP contribution is -2.17. The van der Waals surface area contributed by atoms with E-state index in [0.29, 0.717) is 12.4 Å². The van der Waals surface area contributed by atoms with Crippen LogP contribution in [0, 0.1) is 0 Å². The first kappa shape index (κ1) is 12.4. The molecule has 1 heterocycles. The molecule has 0 amide bonds. The Labute approximate surface area is 116 Å². The summed E-state index contributed by atoms with van der Waals surface area (Å²) in [6.45, 7) is 0.475. The highest BCUT2D eigenvalue weighted by Gasteiger charge is 2.14. The molecule has 0 atom stereocenters. The number of anilines is 1. The van der Waals surface area contributed by atoms with Crippen molar-refractivity contribution in [3.8, 4) is 0 Å². The molecule has 0 radical (unpaired) electrons. The van der Waals surface area contributed by atoms with Crippen molar-refractivity contribution in [1.29, 1.82) is 0 Å². The molecule has 0 aliphatic heterocycles. The van der Waals surface area contributed by atoms with Crippen LogP contribution in [0.2, 0.25) is 5.02 Å². The first-order valence-electron chi connectivity index (χ1n) is 6.49. The van der Waals surface area contributed by atoms with Crippen LogP contribution in [0.3, 0.4) is 0 Å². The SMILES string of the molecule is Nc1cc(=O)n(Cc2cc(Cl)c3c(c2)CCCC3)[nH]1. The van der Waals surface area contributed by atoms with E-state index in [1.807, 2.05) is 6.07 Å². The van der Waals surface area contributed by atoms with Crippen LogP contribution in [-0.2, 0) is 19.4 Å². The van der Waals surface area contributed by atoms with Crippen LogP contribution in [0.25, 0.3) is 0 Å². The largest absolute Gasteiger partial charge is 0.384 e. The predicted molar refractivity (Wildman–Crippen MR) is 76.7 cm³/mol. The van der Waals surface area contributed by atoms with Gasteiger partial charge in [-0.2, -0.15) is 0 Å². The maximum Gasteiger partial charge on any atom is 0.268 e. The normalized spacial score (nSPS) is 14.4. The van der Waals surface area contributed by atoms with Crippen LogP contribution in [0.15, 0.2) is 23.0 Å². The lowest BCUT2D eigenvalue weighted by atomic mass is 9.90. The fraction of sp³-hybridized carbons (Fsp3) is 0.357. The molecule has 3 N–H and O–H groups in total. The van der Waals surface area contributed by atoms with Crippen molar-refractivity contribution in [2.75, 3.05) is 5.73 Å². The van der Waals surface area contributed by atoms with E-state index in [4.69, 9.17) is 17.3 Å². The molecule has 0 bridgehead atoms. The van der Waals surface area contributed by atoms with Crippen LogP contribution in [-0.4, -0.2) is 9.78 Å². The summed E-state index contributed by atoms with van der Waals surface area (Å²) in [7, 11) is 0. The minimum Gasteiger partial charge on any atom is -0.384 e. The van der Waals surface area contributed by atoms with Gasteiger partial charge in [-0.1, -0.05) is 17.7 Å². The standard InChI is InChI=1S/C14H16ClN3O/c15-12-6-9(5-10-3-1-2-4-11(10)12)8-18-14(19)7-13(16)17-18/h5-7,17H,1-4,8,16H2. The third-order valence-electron chi connectivity index (χ3n) is 3.62. The summed E-state index contributed by atoms with van der Waals surface area (Å²) in [5.74, 6) is 0.383. The first-order valence-corrected chi connectivity index (χ1v) is 6.87. The van der Waals surface area contributed by atoms with E-state index in [0.717, 1.165) is 23.4 Å². The number of hydrogen-bond acceptors (Lipinski definition) is 2. The van der Waals surface area contributed by atoms with Crippen molar-refractivity contribution in [3.63, 3.8) is 0 Å². The molecule has 0 spiro atoms. The summed E-state index contributed by atoms with van der Waals surface area (Å²) in [6, 6.07) is 5.50. The van der Waals surface area contributed by atoms with E-state index < -0.39 is 0 Å². The van der Waals surface area contributed by atoms with Gasteiger partial charge in [-0.05, 0) is 48.4 Å². The quantitative estimate of drug-likeness (QED) is 0.885. The van der Waals surface area contributed by atoms with Gasteiger partial charge in [0.25, 0.3) is 5.56 Å². The van der Waals surface area contributed by atoms with E-state index in [1.165, 1.54) is 34.7 Å². The van der Waals surface area contributed by atoms with Gasteiger partial charge in [-0.25, -0.2) is 4.68 Å². The van der Waals surface area contributed by atoms with Crippen LogP contribution in [0.1, 0.15) is 29.5 Å². The minimum atomic E-state index is -0.119. The molecule has 2 aromatic rings. The number of fused-ring (bicyclic) bond motifs is 1. The maximum absolute atomic E-state index is 11.6. The van der Waals surface area contributed by atoms with Crippen molar-refractivity contribution in [2.45, 2.75) is 32.2 Å². The molecule has 0 fully saturated rings. The Balaban J connectivity index is 1.95. The number of H-pyrrole nitrogens is 1. The number of nitrogens with zero attached hydrogens (tertiary/aromatic N) is 1. The van der Waals surface area contributed by atoms with E-state index in [2.05, 4.69) is 11.2 Å². The topological polar surface area (TPSA) is 63.8 Å². The summed E-state index contributed by atoms with van der Waals surface area (Å²) in [6.07, 6.45) is 4.55. The third-order valence-corrected chi connectivity index (χ3v) is 3.96. The smallest absolute Gasteiger partial charge is 0.268 e. The molecular weight excluding hydrogens is 262 g/mol. The first-order chi connectivity index (χ1) is 9.13. The second kappa shape index (κ2) is 4.78. The Morgan fingerprint density at radius 3 is 2.79 bits per heavy atom. The average Bonchev–Trinajstić information content (AvgIpc) is 2.68. The van der Waals surface area contributed by atoms with E-state index in [9.17, 15) is 4.79 Å². The Morgan fingerprint density at radius 2 is 2.05 bits per heavy atom. The number of benzene rings is 1. The highest BCUT2D eigenvalue weighted by molar-refractivity contribution is 6.31. The van der Waals surface area contributed by atoms with Crippen molar-refractivity contribution in [3.05, 3.63) is 50.3 Å². The van der Waals surface area contributed by atoms with Gasteiger partial charge >= 0.3 is 0 Å². The maximum atomic E-state index is 11.6. The molecule has 100 valence electrons. The zero-order valence-electron chi connectivity index (χ0n) is 10.6. The molecule has 0 unspecified atom stereocenters. The monoisotopic (exact) mass is 277 g/mol. The van der Waals surface area contributed by atoms with Gasteiger partial charge in [0.1, 0.15) is 5.82 Å². The lowest BCUT2D eigenvalue weighted by molar-refractivity contribution is 0.657. The van der Waals surface area contributed by atoms with E-state index >= 15 is 0 Å². The number of nitrogen functional groups attached to an aromatic ring is 1. The zero-order valence-corrected chi connectivity index (χ0v) is 11.3. The Morgan fingerprint density at radius 1 is 1.26 bits per heavy atom. The molecule has 1 aliphatic carbocycles. The highest BCUT2D eigenvalue weighted by atomic mass is 35.5. The van der Waals surface area contributed by atoms with Crippen LogP contribution < -0.4 is 11.3 Å². The van der Waals surface area contributed by atoms with Gasteiger partial charge in [0.15, 0.2) is 0 Å². The van der Waals surface area contributed by atoms with Gasteiger partial charge < -0.3 is 5.73 Å². The second-order valence-electron chi connectivity index (χ2n) is 5.06. The summed E-state index contributed by atoms with van der Waals surface area (Å²) in [5, 5.41) is 3.65. The third kappa shape index (κ3) is 2.40. The number of aromatic amines is 1. The predicted octanol–water partition coefficient (Wildman–Crippen LogP) is 2.34. The van der Waals surface area contributed by atoms with Gasteiger partial charge in [-0.3, -0.25) is 9.89 Å². The summed E-state index contributed by atoms with van der Waals surface area (Å²) >= 11 is 6.34. The van der Waals surface area contributed by atoms with Gasteiger partial charge in [0.2, 0.25) is 0 Å². The van der Waals surface area contributed by atoms with Gasteiger partial charge in [-0.15, -0.1) is 0 Å². The highest BCUT2D eigenvalue weighted by Crippen LogP contribution is 2.29. The fourth-order valence-electron chi connectivity index (χ4n) is 2.72. The van der Waals surface area contributed by atoms with Gasteiger partial charge in [0.05, 0.1) is 6.54 Å². The van der Waals surface area contributed by atoms with Crippen LogP contribution >= 0.6 is 11.6 Å². The summed E-state index contributed by atoms with van der Waals surface area (Å²) in [4.78, 5) is 11.6. The number of aromatic nitrogens is 2. The molecular formula is C14H16ClN3O. The zero-order chi connectivity index (χ0) is 13.4. The number of rotatable bonds is 2. The number of hydrogen-bond donors (Lipinski definition) is 2. The van der Waals surface area contributed by atoms with Crippen molar-refractivity contribution in [1.82, 2.24) is 9.78 Å². The molecule has 0 saturated heterocycles. The van der Waals surface area contributed by atoms with Crippen molar-refractivity contribution >= 4 is 17.4 Å². The minimum absolute atomic E-state index is 0.119. The fourth-order valence-corrected chi connectivity index (χ4v) is 3.08. The molecule has 4 nitrogen and oxygen atoms in total. The second-order valence-corrected chi connectivity index (χ2v) is 5.47. The summed E-state index contributed by atoms with van der Waals surface area (Å²) in [5.41, 5.74) is 9.08. The van der Waals surface area contributed by atoms with Gasteiger partial charge in [0, 0.05) is 11.1 Å². The molecule has 1 aromatic carbocycles. The number of halogens is 1. The number of aryl methyl sites for hydroxylation is 1.